The Hall–Kier alpha value is -0.850. The van der Waals surface area contributed by atoms with Gasteiger partial charge in [-0.05, 0) is 63.4 Å². The molecular formula is C13H11Br2N3S. The van der Waals surface area contributed by atoms with E-state index in [0.29, 0.717) is 5.82 Å². The number of thiophene rings is 1. The molecule has 2 N–H and O–H groups in total. The summed E-state index contributed by atoms with van der Waals surface area (Å²) in [5.41, 5.74) is 9.08. The molecule has 0 aromatic carbocycles. The molecule has 0 aliphatic carbocycles. The zero-order valence-electron chi connectivity index (χ0n) is 10.4. The first-order chi connectivity index (χ1) is 8.97. The molecule has 3 heterocycles. The molecule has 0 saturated heterocycles. The molecule has 0 bridgehead atoms. The van der Waals surface area contributed by atoms with Gasteiger partial charge in [-0.25, -0.2) is 4.98 Å². The Balaban J connectivity index is 2.31. The fourth-order valence-electron chi connectivity index (χ4n) is 2.04. The van der Waals surface area contributed by atoms with Crippen molar-refractivity contribution in [2.24, 2.45) is 0 Å². The van der Waals surface area contributed by atoms with Gasteiger partial charge in [0.15, 0.2) is 0 Å². The summed E-state index contributed by atoms with van der Waals surface area (Å²) >= 11 is 8.72. The zero-order valence-corrected chi connectivity index (χ0v) is 14.4. The maximum absolute atomic E-state index is 6.24. The van der Waals surface area contributed by atoms with Crippen LogP contribution in [0.4, 0.5) is 5.82 Å². The van der Waals surface area contributed by atoms with Crippen LogP contribution < -0.4 is 5.73 Å². The summed E-state index contributed by atoms with van der Waals surface area (Å²) in [6.07, 6.45) is 1.95. The number of pyridine rings is 1. The Morgan fingerprint density at radius 2 is 2.00 bits per heavy atom. The van der Waals surface area contributed by atoms with Crippen LogP contribution in [-0.4, -0.2) is 9.38 Å². The largest absolute Gasteiger partial charge is 0.383 e. The van der Waals surface area contributed by atoms with E-state index >= 15 is 0 Å². The van der Waals surface area contributed by atoms with Gasteiger partial charge < -0.3 is 5.73 Å². The minimum Gasteiger partial charge on any atom is -0.383 e. The van der Waals surface area contributed by atoms with Crippen LogP contribution in [-0.2, 0) is 0 Å². The predicted octanol–water partition coefficient (Wildman–Crippen LogP) is 4.79. The second-order valence-corrected chi connectivity index (χ2v) is 7.42. The summed E-state index contributed by atoms with van der Waals surface area (Å²) in [6, 6.07) is 4.11. The lowest BCUT2D eigenvalue weighted by Crippen LogP contribution is -1.94. The minimum absolute atomic E-state index is 0.674. The number of aromatic nitrogens is 2. The zero-order chi connectivity index (χ0) is 13.7. The molecule has 0 fully saturated rings. The molecule has 0 spiro atoms. The molecule has 0 unspecified atom stereocenters. The van der Waals surface area contributed by atoms with Gasteiger partial charge in [-0.3, -0.25) is 4.40 Å². The van der Waals surface area contributed by atoms with E-state index in [0.717, 1.165) is 30.7 Å². The predicted molar refractivity (Wildman–Crippen MR) is 87.8 cm³/mol. The number of aryl methyl sites for hydroxylation is 2. The average molecular weight is 401 g/mol. The number of anilines is 1. The number of nitrogens with zero attached hydrogens (tertiary/aromatic N) is 2. The number of fused-ring (bicyclic) bond motifs is 1. The van der Waals surface area contributed by atoms with E-state index in [1.165, 1.54) is 4.88 Å². The Labute approximate surface area is 131 Å². The number of hydrogen-bond acceptors (Lipinski definition) is 3. The molecular weight excluding hydrogens is 390 g/mol. The van der Waals surface area contributed by atoms with Gasteiger partial charge in [-0.15, -0.1) is 11.3 Å². The SMILES string of the molecule is Cc1sc(-c2nc3c(C)cc(Br)cn3c2N)cc1Br. The Kier molecular flexibility index (Phi) is 3.19. The minimum atomic E-state index is 0.674. The van der Waals surface area contributed by atoms with Crippen LogP contribution in [0.25, 0.3) is 16.2 Å². The van der Waals surface area contributed by atoms with Crippen molar-refractivity contribution in [1.82, 2.24) is 9.38 Å². The third-order valence-electron chi connectivity index (χ3n) is 3.00. The first-order valence-corrected chi connectivity index (χ1v) is 8.07. The van der Waals surface area contributed by atoms with E-state index in [-0.39, 0.29) is 0 Å². The second-order valence-electron chi connectivity index (χ2n) is 4.40. The van der Waals surface area contributed by atoms with E-state index in [1.54, 1.807) is 11.3 Å². The van der Waals surface area contributed by atoms with Crippen molar-refractivity contribution >= 4 is 54.7 Å². The summed E-state index contributed by atoms with van der Waals surface area (Å²) in [5.74, 6) is 0.674. The number of nitrogens with two attached hydrogens (primary N) is 1. The number of halogens is 2. The highest BCUT2D eigenvalue weighted by molar-refractivity contribution is 9.10. The molecule has 3 aromatic heterocycles. The quantitative estimate of drug-likeness (QED) is 0.638. The van der Waals surface area contributed by atoms with Gasteiger partial charge in [0.05, 0.1) is 4.88 Å². The van der Waals surface area contributed by atoms with Crippen molar-refractivity contribution in [3.8, 4) is 10.6 Å². The molecule has 98 valence electrons. The molecule has 3 rings (SSSR count). The third kappa shape index (κ3) is 2.11. The summed E-state index contributed by atoms with van der Waals surface area (Å²) in [5, 5.41) is 0. The molecule has 19 heavy (non-hydrogen) atoms. The monoisotopic (exact) mass is 399 g/mol. The molecule has 0 atom stereocenters. The van der Waals surface area contributed by atoms with Crippen LogP contribution in [0, 0.1) is 13.8 Å². The fraction of sp³-hybridized carbons (Fsp3) is 0.154. The van der Waals surface area contributed by atoms with Gasteiger partial charge in [0, 0.05) is 20.0 Å². The standard InChI is InChI=1S/C13H11Br2N3S/c1-6-3-8(14)5-18-12(16)11(17-13(6)18)10-4-9(15)7(2)19-10/h3-5H,16H2,1-2H3. The Morgan fingerprint density at radius 1 is 1.26 bits per heavy atom. The van der Waals surface area contributed by atoms with E-state index in [2.05, 4.69) is 49.8 Å². The highest BCUT2D eigenvalue weighted by atomic mass is 79.9. The average Bonchev–Trinajstić information content (AvgIpc) is 2.82. The number of nitrogen functional groups attached to an aromatic ring is 1. The third-order valence-corrected chi connectivity index (χ3v) is 5.58. The van der Waals surface area contributed by atoms with Crippen molar-refractivity contribution in [2.45, 2.75) is 13.8 Å². The Bertz CT molecular complexity index is 769. The number of rotatable bonds is 1. The molecule has 3 aromatic rings. The molecule has 0 amide bonds. The van der Waals surface area contributed by atoms with Crippen LogP contribution >= 0.6 is 43.2 Å². The summed E-state index contributed by atoms with van der Waals surface area (Å²) in [4.78, 5) is 6.99. The van der Waals surface area contributed by atoms with Crippen LogP contribution in [0.15, 0.2) is 27.3 Å². The van der Waals surface area contributed by atoms with E-state index in [4.69, 9.17) is 5.73 Å². The molecule has 6 heteroatoms. The van der Waals surface area contributed by atoms with Crippen molar-refractivity contribution < 1.29 is 0 Å². The van der Waals surface area contributed by atoms with Gasteiger partial charge in [0.1, 0.15) is 17.2 Å². The Morgan fingerprint density at radius 3 is 2.63 bits per heavy atom. The lowest BCUT2D eigenvalue weighted by molar-refractivity contribution is 1.16. The highest BCUT2D eigenvalue weighted by Gasteiger charge is 2.16. The van der Waals surface area contributed by atoms with Crippen molar-refractivity contribution in [3.05, 3.63) is 37.7 Å². The van der Waals surface area contributed by atoms with E-state index < -0.39 is 0 Å². The van der Waals surface area contributed by atoms with E-state index in [9.17, 15) is 0 Å². The van der Waals surface area contributed by atoms with Crippen molar-refractivity contribution in [3.63, 3.8) is 0 Å². The van der Waals surface area contributed by atoms with Crippen LogP contribution in [0.3, 0.4) is 0 Å². The molecule has 0 aliphatic rings. The van der Waals surface area contributed by atoms with Crippen molar-refractivity contribution in [2.75, 3.05) is 5.73 Å². The number of hydrogen-bond donors (Lipinski definition) is 1. The van der Waals surface area contributed by atoms with Crippen molar-refractivity contribution in [1.29, 1.82) is 0 Å². The highest BCUT2D eigenvalue weighted by Crippen LogP contribution is 2.37. The number of imidazole rings is 1. The molecule has 0 aliphatic heterocycles. The van der Waals surface area contributed by atoms with Crippen LogP contribution in [0.2, 0.25) is 0 Å². The first kappa shape index (κ1) is 13.1. The fourth-order valence-corrected chi connectivity index (χ4v) is 4.13. The lowest BCUT2D eigenvalue weighted by Gasteiger charge is -2.00. The van der Waals surface area contributed by atoms with E-state index in [1.807, 2.05) is 23.6 Å². The van der Waals surface area contributed by atoms with Crippen LogP contribution in [0.5, 0.6) is 0 Å². The maximum atomic E-state index is 6.24. The van der Waals surface area contributed by atoms with Gasteiger partial charge in [0.25, 0.3) is 0 Å². The van der Waals surface area contributed by atoms with Gasteiger partial charge in [0.2, 0.25) is 0 Å². The lowest BCUT2D eigenvalue weighted by atomic mass is 10.3. The van der Waals surface area contributed by atoms with Gasteiger partial charge in [-0.2, -0.15) is 0 Å². The van der Waals surface area contributed by atoms with Crippen LogP contribution in [0.1, 0.15) is 10.4 Å². The topological polar surface area (TPSA) is 43.3 Å². The molecule has 0 radical (unpaired) electrons. The normalized spacial score (nSPS) is 11.4. The molecule has 0 saturated carbocycles. The molecule has 3 nitrogen and oxygen atoms in total. The summed E-state index contributed by atoms with van der Waals surface area (Å²) < 4.78 is 4.02. The van der Waals surface area contributed by atoms with Gasteiger partial charge >= 0.3 is 0 Å². The first-order valence-electron chi connectivity index (χ1n) is 5.67. The second kappa shape index (κ2) is 4.61. The summed E-state index contributed by atoms with van der Waals surface area (Å²) in [6.45, 7) is 4.11. The summed E-state index contributed by atoms with van der Waals surface area (Å²) in [7, 11) is 0. The smallest absolute Gasteiger partial charge is 0.142 e. The maximum Gasteiger partial charge on any atom is 0.142 e. The van der Waals surface area contributed by atoms with Gasteiger partial charge in [-0.1, -0.05) is 0 Å².